The number of nitrogens with one attached hydrogen (secondary N) is 2. The number of nitrogens with zero attached hydrogens (tertiary/aromatic N) is 7. The fourth-order valence-corrected chi connectivity index (χ4v) is 6.16. The van der Waals surface area contributed by atoms with Crippen molar-refractivity contribution in [1.29, 1.82) is 5.26 Å². The third-order valence-electron chi connectivity index (χ3n) is 8.20. The van der Waals surface area contributed by atoms with E-state index in [1.54, 1.807) is 6.07 Å². The average molecular weight is 649 g/mol. The van der Waals surface area contributed by atoms with Gasteiger partial charge < -0.3 is 15.1 Å². The lowest BCUT2D eigenvalue weighted by atomic mass is 9.98. The van der Waals surface area contributed by atoms with Crippen LogP contribution in [0, 0.1) is 24.1 Å². The number of aryl methyl sites for hydroxylation is 1. The van der Waals surface area contributed by atoms with E-state index in [1.807, 2.05) is 23.9 Å². The zero-order valence-electron chi connectivity index (χ0n) is 25.3. The van der Waals surface area contributed by atoms with Crippen molar-refractivity contribution in [2.24, 2.45) is 0 Å². The molecule has 4 heterocycles. The van der Waals surface area contributed by atoms with Crippen molar-refractivity contribution < 1.29 is 8.81 Å². The van der Waals surface area contributed by atoms with Gasteiger partial charge in [-0.1, -0.05) is 28.4 Å². The minimum atomic E-state index is -0.544. The third-order valence-corrected chi connectivity index (χ3v) is 8.78. The lowest BCUT2D eigenvalue weighted by Crippen LogP contribution is -2.46. The van der Waals surface area contributed by atoms with E-state index in [4.69, 9.17) is 27.6 Å². The largest absolute Gasteiger partial charge is 0.446 e. The Balaban J connectivity index is 1.35. The highest BCUT2D eigenvalue weighted by Crippen LogP contribution is 2.38. The third kappa shape index (κ3) is 6.31. The highest BCUT2D eigenvalue weighted by Gasteiger charge is 2.30. The topological polar surface area (TPSA) is 121 Å². The summed E-state index contributed by atoms with van der Waals surface area (Å²) in [4.78, 5) is 11.2. The molecule has 1 atom stereocenters. The Morgan fingerprint density at radius 3 is 2.51 bits per heavy atom. The van der Waals surface area contributed by atoms with Crippen LogP contribution in [0.2, 0.25) is 10.0 Å². The van der Waals surface area contributed by atoms with Crippen molar-refractivity contribution in [3.63, 3.8) is 0 Å². The Morgan fingerprint density at radius 1 is 1.09 bits per heavy atom. The van der Waals surface area contributed by atoms with Crippen molar-refractivity contribution in [2.75, 3.05) is 23.7 Å². The summed E-state index contributed by atoms with van der Waals surface area (Å²) in [5.41, 5.74) is 3.83. The Bertz CT molecular complexity index is 1900. The van der Waals surface area contributed by atoms with Gasteiger partial charge in [0.2, 0.25) is 0 Å². The van der Waals surface area contributed by atoms with Crippen LogP contribution < -0.4 is 10.6 Å². The van der Waals surface area contributed by atoms with Gasteiger partial charge in [-0.2, -0.15) is 5.26 Å². The molecular formula is C32H32Cl2FN9O. The first-order valence-corrected chi connectivity index (χ1v) is 15.3. The van der Waals surface area contributed by atoms with Crippen LogP contribution in [-0.2, 0) is 0 Å². The zero-order valence-corrected chi connectivity index (χ0v) is 26.8. The van der Waals surface area contributed by atoms with Crippen LogP contribution >= 0.6 is 23.2 Å². The minimum Gasteiger partial charge on any atom is -0.446 e. The van der Waals surface area contributed by atoms with E-state index in [-0.39, 0.29) is 22.2 Å². The quantitative estimate of drug-likeness (QED) is 0.182. The molecule has 10 nitrogen and oxygen atoms in total. The van der Waals surface area contributed by atoms with Gasteiger partial charge in [-0.05, 0) is 70.9 Å². The zero-order chi connectivity index (χ0) is 31.9. The maximum absolute atomic E-state index is 13.8. The normalized spacial score (nSPS) is 15.2. The molecule has 6 rings (SSSR count). The molecule has 1 fully saturated rings. The summed E-state index contributed by atoms with van der Waals surface area (Å²) in [6, 6.07) is 9.71. The Kier molecular flexibility index (Phi) is 8.39. The summed E-state index contributed by atoms with van der Waals surface area (Å²) in [7, 11) is 0. The second-order valence-corrected chi connectivity index (χ2v) is 13.0. The fourth-order valence-electron chi connectivity index (χ4n) is 5.71. The van der Waals surface area contributed by atoms with Crippen LogP contribution in [-0.4, -0.2) is 48.5 Å². The summed E-state index contributed by atoms with van der Waals surface area (Å²) < 4.78 is 21.6. The molecule has 13 heteroatoms. The van der Waals surface area contributed by atoms with E-state index in [0.717, 1.165) is 25.9 Å². The molecule has 2 N–H and O–H groups in total. The van der Waals surface area contributed by atoms with Gasteiger partial charge in [-0.3, -0.25) is 9.88 Å². The van der Waals surface area contributed by atoms with E-state index in [9.17, 15) is 9.65 Å². The molecule has 0 aliphatic carbocycles. The monoisotopic (exact) mass is 647 g/mol. The van der Waals surface area contributed by atoms with Gasteiger partial charge in [-0.25, -0.2) is 14.1 Å². The molecule has 0 spiro atoms. The molecule has 232 valence electrons. The maximum atomic E-state index is 13.8. The summed E-state index contributed by atoms with van der Waals surface area (Å²) in [5, 5.41) is 26.6. The van der Waals surface area contributed by atoms with Crippen LogP contribution in [0.25, 0.3) is 10.9 Å². The molecule has 1 aliphatic rings. The number of hydrogen-bond donors (Lipinski definition) is 2. The number of rotatable bonds is 7. The smallest absolute Gasteiger partial charge is 0.181 e. The second kappa shape index (κ2) is 12.3. The first-order chi connectivity index (χ1) is 21.5. The number of oxazole rings is 1. The van der Waals surface area contributed by atoms with Gasteiger partial charge in [0.1, 0.15) is 23.6 Å². The van der Waals surface area contributed by atoms with Crippen LogP contribution in [0.3, 0.4) is 0 Å². The van der Waals surface area contributed by atoms with Crippen molar-refractivity contribution >= 4 is 51.2 Å². The number of benzene rings is 2. The molecule has 5 aromatic rings. The molecule has 3 aromatic heterocycles. The van der Waals surface area contributed by atoms with Crippen molar-refractivity contribution in [3.8, 4) is 6.07 Å². The number of piperidine rings is 1. The van der Waals surface area contributed by atoms with Gasteiger partial charge in [0.25, 0.3) is 0 Å². The van der Waals surface area contributed by atoms with Crippen molar-refractivity contribution in [2.45, 2.75) is 58.2 Å². The number of fused-ring (bicyclic) bond motifs is 1. The van der Waals surface area contributed by atoms with E-state index in [0.29, 0.717) is 50.1 Å². The molecule has 0 amide bonds. The summed E-state index contributed by atoms with van der Waals surface area (Å²) in [5.74, 6) is 0.0434. The molecule has 0 radical (unpaired) electrons. The Morgan fingerprint density at radius 2 is 1.84 bits per heavy atom. The molecule has 0 unspecified atom stereocenters. The lowest BCUT2D eigenvalue weighted by Gasteiger charge is -2.40. The fraction of sp³-hybridized carbons (Fsp3) is 0.344. The van der Waals surface area contributed by atoms with E-state index < -0.39 is 11.9 Å². The van der Waals surface area contributed by atoms with E-state index in [1.165, 1.54) is 30.8 Å². The number of halogens is 3. The summed E-state index contributed by atoms with van der Waals surface area (Å²) in [6.07, 6.45) is 6.75. The number of nitriles is 1. The molecule has 1 aliphatic heterocycles. The number of pyridine rings is 1. The number of anilines is 3. The van der Waals surface area contributed by atoms with E-state index in [2.05, 4.69) is 62.7 Å². The summed E-state index contributed by atoms with van der Waals surface area (Å²) in [6.45, 7) is 10.6. The van der Waals surface area contributed by atoms with Crippen molar-refractivity contribution in [1.82, 2.24) is 29.9 Å². The van der Waals surface area contributed by atoms with Crippen LogP contribution in [0.4, 0.5) is 21.5 Å². The minimum absolute atomic E-state index is 0.0460. The van der Waals surface area contributed by atoms with Gasteiger partial charge >= 0.3 is 0 Å². The standard InChI is InChI=1S/C32H32Cl2FN9O/c1-18-31(45-17-38-18)30(27-16-44(42-41-27)22-7-9-43(10-8-22)32(2,3)4)40-21-11-23-28(39-20-5-6-26(35)24(33)12-20)19(14-36)15-37-29(23)25(34)13-21/h5-6,11-13,15-17,22,30,40H,7-10H2,1-4H3,(H,37,39)/t30-/m1/s1. The first-order valence-electron chi connectivity index (χ1n) is 14.6. The van der Waals surface area contributed by atoms with Gasteiger partial charge in [0.05, 0.1) is 44.7 Å². The van der Waals surface area contributed by atoms with Crippen LogP contribution in [0.15, 0.2) is 53.5 Å². The molecule has 0 bridgehead atoms. The van der Waals surface area contributed by atoms with Gasteiger partial charge in [-0.15, -0.1) is 5.10 Å². The molecule has 2 aromatic carbocycles. The van der Waals surface area contributed by atoms with Crippen LogP contribution in [0.5, 0.6) is 0 Å². The first kappa shape index (κ1) is 30.8. The lowest BCUT2D eigenvalue weighted by molar-refractivity contribution is 0.0866. The highest BCUT2D eigenvalue weighted by molar-refractivity contribution is 6.36. The van der Waals surface area contributed by atoms with E-state index >= 15 is 0 Å². The number of aromatic nitrogens is 5. The number of likely N-dealkylation sites (tertiary alicyclic amines) is 1. The molecule has 0 saturated carbocycles. The van der Waals surface area contributed by atoms with Crippen LogP contribution in [0.1, 0.15) is 68.4 Å². The average Bonchev–Trinajstić information content (AvgIpc) is 3.67. The second-order valence-electron chi connectivity index (χ2n) is 12.2. The van der Waals surface area contributed by atoms with Crippen molar-refractivity contribution in [3.05, 3.63) is 87.7 Å². The number of hydrogen-bond acceptors (Lipinski definition) is 9. The predicted octanol–water partition coefficient (Wildman–Crippen LogP) is 7.82. The van der Waals surface area contributed by atoms with Gasteiger partial charge in [0, 0.05) is 41.6 Å². The predicted molar refractivity (Wildman–Crippen MR) is 172 cm³/mol. The van der Waals surface area contributed by atoms with Gasteiger partial charge in [0.15, 0.2) is 12.2 Å². The summed E-state index contributed by atoms with van der Waals surface area (Å²) >= 11 is 12.8. The Hall–Kier alpha value is -4.24. The highest BCUT2D eigenvalue weighted by atomic mass is 35.5. The Labute approximate surface area is 270 Å². The maximum Gasteiger partial charge on any atom is 0.181 e. The SMILES string of the molecule is Cc1ncoc1[C@H](Nc1cc(Cl)c2ncc(C#N)c(Nc3ccc(F)c(Cl)c3)c2c1)c1cn(C2CCN(C(C)(C)C)CC2)nn1. The molecular weight excluding hydrogens is 616 g/mol. The molecule has 45 heavy (non-hydrogen) atoms. The molecule has 1 saturated heterocycles.